The summed E-state index contributed by atoms with van der Waals surface area (Å²) >= 11 is 0. The maximum atomic E-state index is 13.0. The Labute approximate surface area is 162 Å². The van der Waals surface area contributed by atoms with E-state index in [4.69, 9.17) is 14.2 Å². The van der Waals surface area contributed by atoms with Crippen molar-refractivity contribution in [1.29, 1.82) is 0 Å². The molecule has 0 saturated heterocycles. The van der Waals surface area contributed by atoms with Gasteiger partial charge in [-0.2, -0.15) is 0 Å². The third kappa shape index (κ3) is 5.01. The molecule has 0 fully saturated rings. The molecule has 0 unspecified atom stereocenters. The number of halogens is 1. The fourth-order valence-electron chi connectivity index (χ4n) is 2.55. The number of rotatable bonds is 7. The van der Waals surface area contributed by atoms with Gasteiger partial charge in [0.15, 0.2) is 0 Å². The second kappa shape index (κ2) is 8.90. The van der Waals surface area contributed by atoms with Crippen LogP contribution in [0.4, 0.5) is 10.1 Å². The van der Waals surface area contributed by atoms with Crippen molar-refractivity contribution < 1.29 is 23.4 Å². The van der Waals surface area contributed by atoms with Gasteiger partial charge in [-0.3, -0.25) is 4.79 Å². The number of carbonyl (C=O) groups excluding carboxylic acids is 1. The van der Waals surface area contributed by atoms with Gasteiger partial charge >= 0.3 is 0 Å². The van der Waals surface area contributed by atoms with Gasteiger partial charge in [0.05, 0.1) is 14.2 Å². The SMILES string of the molecule is COc1cc(OC)cc(C(=O)Nc2cccc(OCc3ccc(F)cc3)c2)c1. The second-order valence-electron chi connectivity index (χ2n) is 6.00. The van der Waals surface area contributed by atoms with E-state index in [9.17, 15) is 9.18 Å². The zero-order chi connectivity index (χ0) is 19.9. The highest BCUT2D eigenvalue weighted by atomic mass is 19.1. The van der Waals surface area contributed by atoms with Crippen LogP contribution in [-0.2, 0) is 6.61 Å². The quantitative estimate of drug-likeness (QED) is 0.646. The van der Waals surface area contributed by atoms with Crippen molar-refractivity contribution in [1.82, 2.24) is 0 Å². The van der Waals surface area contributed by atoms with Crippen LogP contribution in [0.2, 0.25) is 0 Å². The van der Waals surface area contributed by atoms with Crippen LogP contribution in [0.1, 0.15) is 15.9 Å². The molecule has 0 radical (unpaired) electrons. The first kappa shape index (κ1) is 19.2. The molecule has 144 valence electrons. The minimum absolute atomic E-state index is 0.289. The number of amides is 1. The topological polar surface area (TPSA) is 56.8 Å². The second-order valence-corrected chi connectivity index (χ2v) is 6.00. The maximum Gasteiger partial charge on any atom is 0.255 e. The number of carbonyl (C=O) groups is 1. The molecule has 0 heterocycles. The lowest BCUT2D eigenvalue weighted by Gasteiger charge is -2.11. The largest absolute Gasteiger partial charge is 0.497 e. The Morgan fingerprint density at radius 2 is 1.57 bits per heavy atom. The van der Waals surface area contributed by atoms with E-state index >= 15 is 0 Å². The number of methoxy groups -OCH3 is 2. The molecular formula is C22H20FNO4. The third-order valence-electron chi connectivity index (χ3n) is 4.02. The molecule has 28 heavy (non-hydrogen) atoms. The van der Waals surface area contributed by atoms with Crippen molar-refractivity contribution in [2.75, 3.05) is 19.5 Å². The third-order valence-corrected chi connectivity index (χ3v) is 4.02. The minimum atomic E-state index is -0.298. The van der Waals surface area contributed by atoms with Gasteiger partial charge in [0.25, 0.3) is 5.91 Å². The summed E-state index contributed by atoms with van der Waals surface area (Å²) in [5.74, 6) is 1.06. The molecule has 1 amide bonds. The lowest BCUT2D eigenvalue weighted by atomic mass is 10.1. The number of ether oxygens (including phenoxy) is 3. The van der Waals surface area contributed by atoms with Crippen LogP contribution >= 0.6 is 0 Å². The summed E-state index contributed by atoms with van der Waals surface area (Å²) in [6.45, 7) is 0.296. The summed E-state index contributed by atoms with van der Waals surface area (Å²) in [6, 6.07) is 18.1. The van der Waals surface area contributed by atoms with E-state index in [2.05, 4.69) is 5.32 Å². The van der Waals surface area contributed by atoms with E-state index in [-0.39, 0.29) is 11.7 Å². The average molecular weight is 381 g/mol. The predicted octanol–water partition coefficient (Wildman–Crippen LogP) is 4.67. The number of benzene rings is 3. The fraction of sp³-hybridized carbons (Fsp3) is 0.136. The molecule has 0 aliphatic carbocycles. The van der Waals surface area contributed by atoms with Crippen LogP contribution in [0.3, 0.4) is 0 Å². The average Bonchev–Trinajstić information content (AvgIpc) is 2.73. The molecule has 0 aliphatic rings. The molecule has 0 saturated carbocycles. The zero-order valence-corrected chi connectivity index (χ0v) is 15.6. The minimum Gasteiger partial charge on any atom is -0.497 e. The van der Waals surface area contributed by atoms with Crippen molar-refractivity contribution in [3.63, 3.8) is 0 Å². The lowest BCUT2D eigenvalue weighted by molar-refractivity contribution is 0.102. The Kier molecular flexibility index (Phi) is 6.11. The van der Waals surface area contributed by atoms with E-state index in [0.717, 1.165) is 5.56 Å². The normalized spacial score (nSPS) is 10.2. The molecule has 0 spiro atoms. The van der Waals surface area contributed by atoms with E-state index in [1.165, 1.54) is 26.4 Å². The smallest absolute Gasteiger partial charge is 0.255 e. The summed E-state index contributed by atoms with van der Waals surface area (Å²) < 4.78 is 29.1. The number of hydrogen-bond donors (Lipinski definition) is 1. The standard InChI is InChI=1S/C22H20FNO4/c1-26-20-10-16(11-21(13-20)27-2)22(25)24-18-4-3-5-19(12-18)28-14-15-6-8-17(23)9-7-15/h3-13H,14H2,1-2H3,(H,24,25). The van der Waals surface area contributed by atoms with Crippen molar-refractivity contribution in [3.8, 4) is 17.2 Å². The molecule has 3 aromatic carbocycles. The van der Waals surface area contributed by atoms with E-state index in [1.807, 2.05) is 0 Å². The van der Waals surface area contributed by atoms with Gasteiger partial charge in [-0.1, -0.05) is 18.2 Å². The molecule has 5 nitrogen and oxygen atoms in total. The Balaban J connectivity index is 1.68. The summed E-state index contributed by atoms with van der Waals surface area (Å²) in [5, 5.41) is 2.83. The first-order valence-corrected chi connectivity index (χ1v) is 8.59. The Morgan fingerprint density at radius 1 is 0.893 bits per heavy atom. The Morgan fingerprint density at radius 3 is 2.21 bits per heavy atom. The number of nitrogens with one attached hydrogen (secondary N) is 1. The maximum absolute atomic E-state index is 13.0. The van der Waals surface area contributed by atoms with Crippen molar-refractivity contribution >= 4 is 11.6 Å². The number of anilines is 1. The van der Waals surface area contributed by atoms with Gasteiger partial charge in [0, 0.05) is 23.4 Å². The molecule has 0 atom stereocenters. The van der Waals surface area contributed by atoms with Gasteiger partial charge in [0.1, 0.15) is 29.7 Å². The molecule has 3 aromatic rings. The van der Waals surface area contributed by atoms with Gasteiger partial charge in [0.2, 0.25) is 0 Å². The van der Waals surface area contributed by atoms with Crippen LogP contribution < -0.4 is 19.5 Å². The lowest BCUT2D eigenvalue weighted by Crippen LogP contribution is -2.12. The Bertz CT molecular complexity index is 935. The van der Waals surface area contributed by atoms with Gasteiger partial charge in [-0.05, 0) is 42.0 Å². The first-order chi connectivity index (χ1) is 13.6. The summed E-state index contributed by atoms with van der Waals surface area (Å²) in [7, 11) is 3.05. The molecular weight excluding hydrogens is 361 g/mol. The number of hydrogen-bond acceptors (Lipinski definition) is 4. The molecule has 6 heteroatoms. The molecule has 0 aliphatic heterocycles. The highest BCUT2D eigenvalue weighted by Gasteiger charge is 2.11. The van der Waals surface area contributed by atoms with Crippen LogP contribution in [0.15, 0.2) is 66.7 Å². The summed E-state index contributed by atoms with van der Waals surface area (Å²) in [4.78, 5) is 12.6. The fourth-order valence-corrected chi connectivity index (χ4v) is 2.55. The van der Waals surface area contributed by atoms with Gasteiger partial charge in [-0.15, -0.1) is 0 Å². The predicted molar refractivity (Wildman–Crippen MR) is 105 cm³/mol. The Hall–Kier alpha value is -3.54. The van der Waals surface area contributed by atoms with Crippen LogP contribution in [0, 0.1) is 5.82 Å². The highest BCUT2D eigenvalue weighted by molar-refractivity contribution is 6.04. The van der Waals surface area contributed by atoms with Crippen LogP contribution in [0.5, 0.6) is 17.2 Å². The van der Waals surface area contributed by atoms with Crippen molar-refractivity contribution in [2.24, 2.45) is 0 Å². The van der Waals surface area contributed by atoms with E-state index in [0.29, 0.717) is 35.1 Å². The summed E-state index contributed by atoms with van der Waals surface area (Å²) in [6.07, 6.45) is 0. The van der Waals surface area contributed by atoms with Crippen molar-refractivity contribution in [2.45, 2.75) is 6.61 Å². The van der Waals surface area contributed by atoms with E-state index in [1.54, 1.807) is 54.6 Å². The zero-order valence-electron chi connectivity index (χ0n) is 15.6. The van der Waals surface area contributed by atoms with Gasteiger partial charge < -0.3 is 19.5 Å². The summed E-state index contributed by atoms with van der Waals surface area (Å²) in [5.41, 5.74) is 1.84. The van der Waals surface area contributed by atoms with Crippen molar-refractivity contribution in [3.05, 3.63) is 83.7 Å². The first-order valence-electron chi connectivity index (χ1n) is 8.59. The van der Waals surface area contributed by atoms with Gasteiger partial charge in [-0.25, -0.2) is 4.39 Å². The molecule has 1 N–H and O–H groups in total. The molecule has 0 bridgehead atoms. The molecule has 3 rings (SSSR count). The van der Waals surface area contributed by atoms with Crippen LogP contribution in [-0.4, -0.2) is 20.1 Å². The monoisotopic (exact) mass is 381 g/mol. The van der Waals surface area contributed by atoms with Crippen LogP contribution in [0.25, 0.3) is 0 Å². The molecule has 0 aromatic heterocycles. The van der Waals surface area contributed by atoms with E-state index < -0.39 is 0 Å². The highest BCUT2D eigenvalue weighted by Crippen LogP contribution is 2.24.